The van der Waals surface area contributed by atoms with Crippen molar-refractivity contribution in [1.29, 1.82) is 0 Å². The summed E-state index contributed by atoms with van der Waals surface area (Å²) in [6, 6.07) is 4.08. The van der Waals surface area contributed by atoms with E-state index in [9.17, 15) is 0 Å². The molecule has 0 aliphatic rings. The lowest BCUT2D eigenvalue weighted by Gasteiger charge is -2.10. The molecular formula is C12H18O2. The van der Waals surface area contributed by atoms with Crippen LogP contribution >= 0.6 is 0 Å². The van der Waals surface area contributed by atoms with Gasteiger partial charge in [-0.3, -0.25) is 0 Å². The lowest BCUT2D eigenvalue weighted by molar-refractivity contribution is 0.233. The Morgan fingerprint density at radius 3 is 2.21 bits per heavy atom. The number of aryl methyl sites for hydroxylation is 2. The van der Waals surface area contributed by atoms with Crippen LogP contribution < -0.4 is 4.74 Å². The molecule has 0 heterocycles. The van der Waals surface area contributed by atoms with E-state index in [2.05, 4.69) is 20.8 Å². The first-order valence-electron chi connectivity index (χ1n) is 4.96. The van der Waals surface area contributed by atoms with E-state index in [1.807, 2.05) is 12.1 Å². The maximum Gasteiger partial charge on any atom is 0.119 e. The highest BCUT2D eigenvalue weighted by Crippen LogP contribution is 2.20. The van der Waals surface area contributed by atoms with Crippen LogP contribution in [0.3, 0.4) is 0 Å². The highest BCUT2D eigenvalue weighted by Gasteiger charge is 2.01. The van der Waals surface area contributed by atoms with Gasteiger partial charge < -0.3 is 9.84 Å². The lowest BCUT2D eigenvalue weighted by atomic mass is 10.0. The zero-order valence-corrected chi connectivity index (χ0v) is 9.13. The van der Waals surface area contributed by atoms with Crippen molar-refractivity contribution in [2.45, 2.75) is 27.2 Å². The molecule has 14 heavy (non-hydrogen) atoms. The van der Waals surface area contributed by atoms with Crippen molar-refractivity contribution in [3.05, 3.63) is 28.8 Å². The van der Waals surface area contributed by atoms with Crippen molar-refractivity contribution in [2.75, 3.05) is 13.2 Å². The van der Waals surface area contributed by atoms with Crippen LogP contribution in [0.25, 0.3) is 0 Å². The summed E-state index contributed by atoms with van der Waals surface area (Å²) < 4.78 is 5.50. The van der Waals surface area contributed by atoms with Crippen LogP contribution in [0.15, 0.2) is 12.1 Å². The van der Waals surface area contributed by atoms with Gasteiger partial charge in [-0.2, -0.15) is 0 Å². The number of ether oxygens (including phenoxy) is 1. The van der Waals surface area contributed by atoms with Crippen LogP contribution in [0.1, 0.15) is 23.1 Å². The van der Waals surface area contributed by atoms with E-state index >= 15 is 0 Å². The number of aliphatic hydroxyl groups excluding tert-OH is 1. The Morgan fingerprint density at radius 1 is 1.14 bits per heavy atom. The molecule has 0 aliphatic carbocycles. The average Bonchev–Trinajstić information content (AvgIpc) is 2.14. The monoisotopic (exact) mass is 194 g/mol. The second-order valence-corrected chi connectivity index (χ2v) is 3.61. The van der Waals surface area contributed by atoms with Crippen molar-refractivity contribution in [2.24, 2.45) is 0 Å². The van der Waals surface area contributed by atoms with E-state index in [4.69, 9.17) is 9.84 Å². The molecule has 0 atom stereocenters. The normalized spacial score (nSPS) is 10.3. The Hall–Kier alpha value is -1.02. The topological polar surface area (TPSA) is 29.5 Å². The van der Waals surface area contributed by atoms with Crippen molar-refractivity contribution in [3.63, 3.8) is 0 Å². The molecule has 0 amide bonds. The smallest absolute Gasteiger partial charge is 0.119 e. The van der Waals surface area contributed by atoms with Gasteiger partial charge in [-0.25, -0.2) is 0 Å². The van der Waals surface area contributed by atoms with Gasteiger partial charge in [0.05, 0.1) is 6.61 Å². The molecule has 1 aromatic carbocycles. The van der Waals surface area contributed by atoms with Gasteiger partial charge in [0.1, 0.15) is 5.75 Å². The molecule has 0 aliphatic heterocycles. The molecule has 0 fully saturated rings. The summed E-state index contributed by atoms with van der Waals surface area (Å²) in [5.41, 5.74) is 3.83. The fourth-order valence-electron chi connectivity index (χ4n) is 1.33. The van der Waals surface area contributed by atoms with E-state index in [0.717, 1.165) is 5.75 Å². The number of aliphatic hydroxyl groups is 1. The Balaban J connectivity index is 2.69. The van der Waals surface area contributed by atoms with E-state index in [1.165, 1.54) is 16.7 Å². The SMILES string of the molecule is Cc1cc(OCCCO)cc(C)c1C. The molecule has 1 N–H and O–H groups in total. The Labute approximate surface area is 85.5 Å². The van der Waals surface area contributed by atoms with Gasteiger partial charge in [-0.1, -0.05) is 0 Å². The third kappa shape index (κ3) is 2.74. The van der Waals surface area contributed by atoms with Crippen molar-refractivity contribution >= 4 is 0 Å². The predicted molar refractivity (Wildman–Crippen MR) is 57.9 cm³/mol. The highest BCUT2D eigenvalue weighted by atomic mass is 16.5. The zero-order chi connectivity index (χ0) is 10.6. The second kappa shape index (κ2) is 5.01. The third-order valence-corrected chi connectivity index (χ3v) is 2.47. The minimum atomic E-state index is 0.184. The van der Waals surface area contributed by atoms with Gasteiger partial charge in [0.15, 0.2) is 0 Å². The summed E-state index contributed by atoms with van der Waals surface area (Å²) in [5.74, 6) is 0.902. The molecule has 0 bridgehead atoms. The summed E-state index contributed by atoms with van der Waals surface area (Å²) in [4.78, 5) is 0. The fraction of sp³-hybridized carbons (Fsp3) is 0.500. The van der Waals surface area contributed by atoms with Crippen LogP contribution in [0, 0.1) is 20.8 Å². The second-order valence-electron chi connectivity index (χ2n) is 3.61. The van der Waals surface area contributed by atoms with Gasteiger partial charge in [0, 0.05) is 13.0 Å². The fourth-order valence-corrected chi connectivity index (χ4v) is 1.33. The van der Waals surface area contributed by atoms with Crippen LogP contribution in [0.4, 0.5) is 0 Å². The van der Waals surface area contributed by atoms with Crippen LogP contribution in [0.2, 0.25) is 0 Å². The third-order valence-electron chi connectivity index (χ3n) is 2.47. The summed E-state index contributed by atoms with van der Waals surface area (Å²) >= 11 is 0. The van der Waals surface area contributed by atoms with E-state index < -0.39 is 0 Å². The molecule has 0 radical (unpaired) electrons. The molecule has 78 valence electrons. The zero-order valence-electron chi connectivity index (χ0n) is 9.13. The van der Waals surface area contributed by atoms with Crippen molar-refractivity contribution in [3.8, 4) is 5.75 Å². The predicted octanol–water partition coefficient (Wildman–Crippen LogP) is 2.37. The molecule has 0 aromatic heterocycles. The molecule has 1 rings (SSSR count). The quantitative estimate of drug-likeness (QED) is 0.746. The van der Waals surface area contributed by atoms with Crippen LogP contribution in [0.5, 0.6) is 5.75 Å². The average molecular weight is 194 g/mol. The maximum atomic E-state index is 8.62. The summed E-state index contributed by atoms with van der Waals surface area (Å²) in [6.45, 7) is 7.05. The molecule has 2 heteroatoms. The van der Waals surface area contributed by atoms with Crippen LogP contribution in [-0.4, -0.2) is 18.3 Å². The minimum absolute atomic E-state index is 0.184. The highest BCUT2D eigenvalue weighted by molar-refractivity contribution is 5.40. The minimum Gasteiger partial charge on any atom is -0.493 e. The van der Waals surface area contributed by atoms with Crippen LogP contribution in [-0.2, 0) is 0 Å². The van der Waals surface area contributed by atoms with E-state index in [1.54, 1.807) is 0 Å². The molecule has 1 aromatic rings. The molecule has 0 unspecified atom stereocenters. The van der Waals surface area contributed by atoms with E-state index in [0.29, 0.717) is 13.0 Å². The number of rotatable bonds is 4. The standard InChI is InChI=1S/C12H18O2/c1-9-7-12(14-6-4-5-13)8-10(2)11(9)3/h7-8,13H,4-6H2,1-3H3. The lowest BCUT2D eigenvalue weighted by Crippen LogP contribution is -2.00. The van der Waals surface area contributed by atoms with Gasteiger partial charge in [0.2, 0.25) is 0 Å². The molecule has 0 saturated carbocycles. The first kappa shape index (κ1) is 11.1. The Bertz CT molecular complexity index is 282. The van der Waals surface area contributed by atoms with Crippen molar-refractivity contribution in [1.82, 2.24) is 0 Å². The van der Waals surface area contributed by atoms with Gasteiger partial charge in [-0.15, -0.1) is 0 Å². The number of benzene rings is 1. The Kier molecular flexibility index (Phi) is 3.96. The molecule has 0 spiro atoms. The van der Waals surface area contributed by atoms with Crippen molar-refractivity contribution < 1.29 is 9.84 Å². The molecule has 0 saturated heterocycles. The summed E-state index contributed by atoms with van der Waals surface area (Å²) in [6.07, 6.45) is 0.686. The van der Waals surface area contributed by atoms with Gasteiger partial charge in [-0.05, 0) is 49.6 Å². The first-order valence-corrected chi connectivity index (χ1v) is 4.96. The maximum absolute atomic E-state index is 8.62. The molecular weight excluding hydrogens is 176 g/mol. The van der Waals surface area contributed by atoms with Gasteiger partial charge in [0.25, 0.3) is 0 Å². The summed E-state index contributed by atoms with van der Waals surface area (Å²) in [7, 11) is 0. The Morgan fingerprint density at radius 2 is 1.71 bits per heavy atom. The van der Waals surface area contributed by atoms with Gasteiger partial charge >= 0.3 is 0 Å². The number of hydrogen-bond donors (Lipinski definition) is 1. The largest absolute Gasteiger partial charge is 0.493 e. The molecule has 2 nitrogen and oxygen atoms in total. The summed E-state index contributed by atoms with van der Waals surface area (Å²) in [5, 5.41) is 8.62. The number of hydrogen-bond acceptors (Lipinski definition) is 2. The van der Waals surface area contributed by atoms with E-state index in [-0.39, 0.29) is 6.61 Å². The first-order chi connectivity index (χ1) is 6.65.